The Morgan fingerprint density at radius 1 is 1.33 bits per heavy atom. The molecule has 3 N–H and O–H groups in total. The number of carboxylic acid groups (broad SMARTS) is 1. The van der Waals surface area contributed by atoms with Gasteiger partial charge in [0.2, 0.25) is 5.43 Å². The maximum atomic E-state index is 12.7. The van der Waals surface area contributed by atoms with Gasteiger partial charge >= 0.3 is 5.97 Å². The Morgan fingerprint density at radius 3 is 2.67 bits per heavy atom. The Hall–Kier alpha value is -2.18. The maximum absolute atomic E-state index is 12.7. The van der Waals surface area contributed by atoms with E-state index in [0.29, 0.717) is 29.4 Å². The van der Waals surface area contributed by atoms with E-state index in [1.54, 1.807) is 6.20 Å². The highest BCUT2D eigenvalue weighted by atomic mass is 16.4. The second-order valence-electron chi connectivity index (χ2n) is 8.08. The van der Waals surface area contributed by atoms with Crippen molar-refractivity contribution in [2.24, 2.45) is 5.92 Å². The van der Waals surface area contributed by atoms with Crippen LogP contribution in [0.25, 0.3) is 10.9 Å². The van der Waals surface area contributed by atoms with E-state index in [1.165, 1.54) is 5.56 Å². The number of hydrogen-bond acceptors (Lipinski definition) is 4. The highest BCUT2D eigenvalue weighted by molar-refractivity contribution is 5.93. The van der Waals surface area contributed by atoms with Crippen molar-refractivity contribution < 1.29 is 9.90 Å². The molecule has 0 spiro atoms. The van der Waals surface area contributed by atoms with Crippen LogP contribution in [0.1, 0.15) is 59.6 Å². The summed E-state index contributed by atoms with van der Waals surface area (Å²) in [5.74, 6) is -0.263. The molecule has 2 heterocycles. The molecular weight excluding hydrogens is 342 g/mol. The molecule has 6 nitrogen and oxygen atoms in total. The van der Waals surface area contributed by atoms with Crippen LogP contribution in [0.15, 0.2) is 23.1 Å². The minimum Gasteiger partial charge on any atom is -0.477 e. The topological polar surface area (TPSA) is 83.4 Å². The normalized spacial score (nSPS) is 25.7. The number of benzene rings is 1. The zero-order valence-corrected chi connectivity index (χ0v) is 16.1. The molecule has 2 aromatic rings. The lowest BCUT2D eigenvalue weighted by molar-refractivity contribution is 0.0695. The number of fused-ring (bicyclic) bond motifs is 1. The van der Waals surface area contributed by atoms with Gasteiger partial charge in [-0.2, -0.15) is 0 Å². The summed E-state index contributed by atoms with van der Waals surface area (Å²) >= 11 is 0. The minimum atomic E-state index is -1.15. The molecule has 0 radical (unpaired) electrons. The van der Waals surface area contributed by atoms with E-state index in [0.717, 1.165) is 36.9 Å². The number of aryl methyl sites for hydroxylation is 1. The lowest BCUT2D eigenvalue weighted by atomic mass is 9.82. The molecule has 2 fully saturated rings. The second-order valence-corrected chi connectivity index (χ2v) is 8.08. The number of carboxylic acids is 1. The summed E-state index contributed by atoms with van der Waals surface area (Å²) in [7, 11) is 1.98. The Labute approximate surface area is 158 Å². The fraction of sp³-hybridized carbons (Fsp3) is 0.524. The Balaban J connectivity index is 1.85. The fourth-order valence-electron chi connectivity index (χ4n) is 4.64. The van der Waals surface area contributed by atoms with E-state index in [1.807, 2.05) is 23.7 Å². The van der Waals surface area contributed by atoms with Crippen molar-refractivity contribution in [3.8, 4) is 0 Å². The quantitative estimate of drug-likeness (QED) is 0.772. The van der Waals surface area contributed by atoms with Crippen LogP contribution in [0, 0.1) is 12.8 Å². The van der Waals surface area contributed by atoms with Crippen LogP contribution < -0.4 is 16.1 Å². The molecule has 0 amide bonds. The van der Waals surface area contributed by atoms with Gasteiger partial charge in [-0.15, -0.1) is 0 Å². The second kappa shape index (κ2) is 6.77. The van der Waals surface area contributed by atoms with Crippen molar-refractivity contribution in [3.63, 3.8) is 0 Å². The van der Waals surface area contributed by atoms with Gasteiger partial charge in [0.1, 0.15) is 5.56 Å². The highest BCUT2D eigenvalue weighted by Gasteiger charge is 2.31. The number of aromatic carboxylic acids is 1. The third-order valence-corrected chi connectivity index (χ3v) is 6.22. The molecule has 1 aliphatic carbocycles. The molecule has 3 unspecified atom stereocenters. The Morgan fingerprint density at radius 2 is 2.07 bits per heavy atom. The molecular formula is C21H27N3O3. The molecule has 1 aromatic carbocycles. The SMILES string of the molecule is CNC1NCC(c2ccc3c(=O)c(C(=O)O)cn(C4CC4)c3c2C)CC1C. The maximum Gasteiger partial charge on any atom is 0.341 e. The van der Waals surface area contributed by atoms with Crippen molar-refractivity contribution in [3.05, 3.63) is 45.2 Å². The average Bonchev–Trinajstić information content (AvgIpc) is 3.47. The Kier molecular flexibility index (Phi) is 4.56. The number of aromatic nitrogens is 1. The highest BCUT2D eigenvalue weighted by Crippen LogP contribution is 2.39. The molecule has 6 heteroatoms. The molecule has 4 rings (SSSR count). The van der Waals surface area contributed by atoms with Crippen molar-refractivity contribution in [1.29, 1.82) is 0 Å². The third-order valence-electron chi connectivity index (χ3n) is 6.22. The molecule has 27 heavy (non-hydrogen) atoms. The largest absolute Gasteiger partial charge is 0.477 e. The molecule has 0 bridgehead atoms. The first-order valence-electron chi connectivity index (χ1n) is 9.74. The summed E-state index contributed by atoms with van der Waals surface area (Å²) in [6.45, 7) is 5.21. The summed E-state index contributed by atoms with van der Waals surface area (Å²) in [6.07, 6.45) is 5.02. The van der Waals surface area contributed by atoms with Crippen molar-refractivity contribution in [2.75, 3.05) is 13.6 Å². The lowest BCUT2D eigenvalue weighted by Crippen LogP contribution is -2.50. The zero-order valence-electron chi connectivity index (χ0n) is 16.1. The zero-order chi connectivity index (χ0) is 19.3. The summed E-state index contributed by atoms with van der Waals surface area (Å²) < 4.78 is 2.04. The first kappa shape index (κ1) is 18.2. The number of pyridine rings is 1. The standard InChI is InChI=1S/C21H27N3O3/c1-11-8-13(9-23-20(11)22-3)15-6-7-16-18(12(15)2)24(14-4-5-14)10-17(19(16)25)21(26)27/h6-7,10-11,13-14,20,22-23H,4-5,8-9H2,1-3H3,(H,26,27). The molecule has 1 aromatic heterocycles. The number of nitrogens with one attached hydrogen (secondary N) is 2. The third kappa shape index (κ3) is 3.07. The van der Waals surface area contributed by atoms with Crippen molar-refractivity contribution in [2.45, 2.75) is 51.2 Å². The molecule has 1 aliphatic heterocycles. The number of carbonyl (C=O) groups is 1. The van der Waals surface area contributed by atoms with Crippen LogP contribution in [-0.2, 0) is 0 Å². The van der Waals surface area contributed by atoms with Crippen LogP contribution in [0.2, 0.25) is 0 Å². The number of piperidine rings is 1. The molecule has 3 atom stereocenters. The van der Waals surface area contributed by atoms with E-state index in [-0.39, 0.29) is 11.0 Å². The summed E-state index contributed by atoms with van der Waals surface area (Å²) in [5.41, 5.74) is 2.76. The first-order chi connectivity index (χ1) is 12.9. The predicted molar refractivity (Wildman–Crippen MR) is 106 cm³/mol. The van der Waals surface area contributed by atoms with Crippen LogP contribution in [0.3, 0.4) is 0 Å². The number of nitrogens with zero attached hydrogens (tertiary/aromatic N) is 1. The fourth-order valence-corrected chi connectivity index (χ4v) is 4.64. The van der Waals surface area contributed by atoms with Gasteiger partial charge in [0.15, 0.2) is 0 Å². The van der Waals surface area contributed by atoms with Gasteiger partial charge in [0.05, 0.1) is 11.7 Å². The van der Waals surface area contributed by atoms with E-state index in [9.17, 15) is 14.7 Å². The number of rotatable bonds is 4. The molecule has 1 saturated heterocycles. The molecule has 1 saturated carbocycles. The van der Waals surface area contributed by atoms with Gasteiger partial charge in [-0.3, -0.25) is 4.79 Å². The van der Waals surface area contributed by atoms with Crippen LogP contribution in [-0.4, -0.2) is 35.4 Å². The van der Waals surface area contributed by atoms with E-state index < -0.39 is 5.97 Å². The van der Waals surface area contributed by atoms with E-state index >= 15 is 0 Å². The van der Waals surface area contributed by atoms with Crippen molar-refractivity contribution in [1.82, 2.24) is 15.2 Å². The molecule has 144 valence electrons. The monoisotopic (exact) mass is 369 g/mol. The van der Waals surface area contributed by atoms with Gasteiger partial charge in [-0.1, -0.05) is 13.0 Å². The van der Waals surface area contributed by atoms with Gasteiger partial charge < -0.3 is 20.3 Å². The van der Waals surface area contributed by atoms with Gasteiger partial charge in [0.25, 0.3) is 0 Å². The smallest absolute Gasteiger partial charge is 0.341 e. The average molecular weight is 369 g/mol. The van der Waals surface area contributed by atoms with Crippen molar-refractivity contribution >= 4 is 16.9 Å². The summed E-state index contributed by atoms with van der Waals surface area (Å²) in [5, 5.41) is 16.8. The van der Waals surface area contributed by atoms with Crippen LogP contribution >= 0.6 is 0 Å². The van der Waals surface area contributed by atoms with Crippen LogP contribution in [0.4, 0.5) is 0 Å². The molecule has 2 aliphatic rings. The Bertz CT molecular complexity index is 961. The van der Waals surface area contributed by atoms with E-state index in [2.05, 4.69) is 24.5 Å². The number of hydrogen-bond donors (Lipinski definition) is 3. The summed E-state index contributed by atoms with van der Waals surface area (Å²) in [6, 6.07) is 4.16. The van der Waals surface area contributed by atoms with Gasteiger partial charge in [-0.25, -0.2) is 4.79 Å². The first-order valence-corrected chi connectivity index (χ1v) is 9.74. The predicted octanol–water partition coefficient (Wildman–Crippen LogP) is 2.60. The summed E-state index contributed by atoms with van der Waals surface area (Å²) in [4.78, 5) is 24.3. The van der Waals surface area contributed by atoms with E-state index in [4.69, 9.17) is 0 Å². The minimum absolute atomic E-state index is 0.133. The van der Waals surface area contributed by atoms with Gasteiger partial charge in [0, 0.05) is 24.2 Å². The van der Waals surface area contributed by atoms with Crippen LogP contribution in [0.5, 0.6) is 0 Å². The van der Waals surface area contributed by atoms with Gasteiger partial charge in [-0.05, 0) is 62.3 Å². The lowest BCUT2D eigenvalue weighted by Gasteiger charge is -2.36.